The molecule has 1 aliphatic rings. The molecular formula is C15H23NO5S2. The third-order valence-electron chi connectivity index (χ3n) is 3.56. The van der Waals surface area contributed by atoms with Crippen molar-refractivity contribution < 1.29 is 21.4 Å². The molecule has 0 aliphatic heterocycles. The van der Waals surface area contributed by atoms with Crippen LogP contribution in [0, 0.1) is 12.8 Å². The molecule has 0 radical (unpaired) electrons. The van der Waals surface area contributed by atoms with Gasteiger partial charge in [-0.1, -0.05) is 30.2 Å². The number of hydrogen-bond acceptors (Lipinski definition) is 5. The molecule has 1 aromatic carbocycles. The van der Waals surface area contributed by atoms with Crippen LogP contribution in [0.3, 0.4) is 0 Å². The summed E-state index contributed by atoms with van der Waals surface area (Å²) >= 11 is 0. The van der Waals surface area contributed by atoms with Gasteiger partial charge in [-0.25, -0.2) is 8.42 Å². The Morgan fingerprint density at radius 2 is 1.70 bits per heavy atom. The molecule has 0 spiro atoms. The molecule has 1 saturated carbocycles. The first kappa shape index (κ1) is 19.8. The Hall–Kier alpha value is -1.22. The smallest absolute Gasteiger partial charge is 0.294 e. The Balaban J connectivity index is 0.000000231. The zero-order chi connectivity index (χ0) is 17.7. The first-order valence-corrected chi connectivity index (χ1v) is 10.6. The second-order valence-electron chi connectivity index (χ2n) is 5.71. The molecule has 6 nitrogen and oxygen atoms in total. The summed E-state index contributed by atoms with van der Waals surface area (Å²) in [4.78, 5) is -0.0666. The molecular weight excluding hydrogens is 338 g/mol. The number of nitrogens with two attached hydrogens (primary N) is 1. The van der Waals surface area contributed by atoms with Crippen LogP contribution < -0.4 is 5.73 Å². The minimum atomic E-state index is -4.02. The maximum absolute atomic E-state index is 10.7. The molecule has 0 bridgehead atoms. The lowest BCUT2D eigenvalue weighted by atomic mass is 9.80. The molecule has 1 atom stereocenters. The Kier molecular flexibility index (Phi) is 6.94. The fourth-order valence-electron chi connectivity index (χ4n) is 1.93. The molecule has 1 aromatic rings. The first-order valence-electron chi connectivity index (χ1n) is 7.17. The summed E-state index contributed by atoms with van der Waals surface area (Å²) in [5.74, 6) is 0.503. The highest BCUT2D eigenvalue weighted by molar-refractivity contribution is 7.93. The van der Waals surface area contributed by atoms with Crippen molar-refractivity contribution in [2.45, 2.75) is 37.1 Å². The fraction of sp³-hybridized carbons (Fsp3) is 0.467. The molecule has 3 N–H and O–H groups in total. The van der Waals surface area contributed by atoms with Crippen LogP contribution >= 0.6 is 0 Å². The van der Waals surface area contributed by atoms with Gasteiger partial charge in [0.2, 0.25) is 0 Å². The third kappa shape index (κ3) is 7.74. The third-order valence-corrected chi connectivity index (χ3v) is 5.08. The second-order valence-corrected chi connectivity index (χ2v) is 9.07. The van der Waals surface area contributed by atoms with Crippen LogP contribution in [0.2, 0.25) is 0 Å². The van der Waals surface area contributed by atoms with E-state index >= 15 is 0 Å². The zero-order valence-electron chi connectivity index (χ0n) is 13.2. The summed E-state index contributed by atoms with van der Waals surface area (Å²) in [6.07, 6.45) is 6.27. The molecule has 0 amide bonds. The lowest BCUT2D eigenvalue weighted by Gasteiger charge is -2.29. The van der Waals surface area contributed by atoms with E-state index in [9.17, 15) is 16.8 Å². The van der Waals surface area contributed by atoms with E-state index in [0.717, 1.165) is 18.4 Å². The van der Waals surface area contributed by atoms with Crippen molar-refractivity contribution in [3.8, 4) is 0 Å². The predicted molar refractivity (Wildman–Crippen MR) is 90.3 cm³/mol. The molecule has 2 rings (SSSR count). The van der Waals surface area contributed by atoms with Gasteiger partial charge in [0.25, 0.3) is 10.1 Å². The minimum absolute atomic E-state index is 0.0666. The van der Waals surface area contributed by atoms with Crippen LogP contribution in [-0.4, -0.2) is 33.7 Å². The monoisotopic (exact) mass is 361 g/mol. The average Bonchev–Trinajstić information content (AvgIpc) is 2.34. The van der Waals surface area contributed by atoms with E-state index in [0.29, 0.717) is 5.92 Å². The van der Waals surface area contributed by atoms with Gasteiger partial charge in [-0.15, -0.1) is 0 Å². The Bertz CT molecular complexity index is 733. The van der Waals surface area contributed by atoms with Crippen molar-refractivity contribution in [1.29, 1.82) is 0 Å². The number of hydrogen-bond donors (Lipinski definition) is 2. The lowest BCUT2D eigenvalue weighted by Crippen LogP contribution is -2.32. The quantitative estimate of drug-likeness (QED) is 0.792. The molecule has 0 aromatic heterocycles. The van der Waals surface area contributed by atoms with Crippen LogP contribution in [0.5, 0.6) is 0 Å². The highest BCUT2D eigenvalue weighted by Gasteiger charge is 2.22. The van der Waals surface area contributed by atoms with E-state index in [-0.39, 0.29) is 10.9 Å². The van der Waals surface area contributed by atoms with Gasteiger partial charge in [-0.2, -0.15) is 8.42 Å². The van der Waals surface area contributed by atoms with Gasteiger partial charge >= 0.3 is 0 Å². The molecule has 130 valence electrons. The van der Waals surface area contributed by atoms with Crippen molar-refractivity contribution >= 4 is 20.0 Å². The van der Waals surface area contributed by atoms with Gasteiger partial charge in [0, 0.05) is 17.7 Å². The fourth-order valence-corrected chi connectivity index (χ4v) is 2.87. The Morgan fingerprint density at radius 3 is 2.04 bits per heavy atom. The lowest BCUT2D eigenvalue weighted by molar-refractivity contribution is 0.289. The molecule has 1 aliphatic carbocycles. The number of sulfone groups is 1. The maximum atomic E-state index is 10.7. The van der Waals surface area contributed by atoms with Gasteiger partial charge < -0.3 is 5.73 Å². The van der Waals surface area contributed by atoms with Crippen LogP contribution in [0.1, 0.15) is 24.8 Å². The van der Waals surface area contributed by atoms with Crippen LogP contribution in [0.15, 0.2) is 40.6 Å². The molecule has 1 fully saturated rings. The summed E-state index contributed by atoms with van der Waals surface area (Å²) in [7, 11) is -7.02. The van der Waals surface area contributed by atoms with Crippen molar-refractivity contribution in [2.24, 2.45) is 11.7 Å². The van der Waals surface area contributed by atoms with Crippen molar-refractivity contribution in [3.63, 3.8) is 0 Å². The van der Waals surface area contributed by atoms with Gasteiger partial charge in [-0.05, 0) is 37.8 Å². The highest BCUT2D eigenvalue weighted by atomic mass is 32.2. The van der Waals surface area contributed by atoms with E-state index < -0.39 is 20.0 Å². The normalized spacial score (nSPS) is 17.2. The Labute approximate surface area is 138 Å². The van der Waals surface area contributed by atoms with Crippen LogP contribution in [0.25, 0.3) is 0 Å². The van der Waals surface area contributed by atoms with E-state index in [1.165, 1.54) is 30.2 Å². The SMILES string of the molecule is CS(=O)(=O)/C=C/C(N)C1CCC1.Cc1ccc(S(=O)(=O)O)cc1. The molecule has 1 unspecified atom stereocenters. The Morgan fingerprint density at radius 1 is 1.17 bits per heavy atom. The van der Waals surface area contributed by atoms with Gasteiger partial charge in [0.05, 0.1) is 4.90 Å². The van der Waals surface area contributed by atoms with E-state index in [1.807, 2.05) is 6.92 Å². The first-order chi connectivity index (χ1) is 10.5. The van der Waals surface area contributed by atoms with Crippen molar-refractivity contribution in [3.05, 3.63) is 41.3 Å². The summed E-state index contributed by atoms with van der Waals surface area (Å²) in [6, 6.07) is 5.91. The standard InChI is InChI=1S/C8H15NO2S.C7H8O3S/c1-12(10,11)6-5-8(9)7-3-2-4-7;1-6-2-4-7(5-3-6)11(8,9)10/h5-8H,2-4,9H2,1H3;2-5H,1H3,(H,8,9,10)/b6-5+;. The molecule has 8 heteroatoms. The van der Waals surface area contributed by atoms with Crippen LogP contribution in [0.4, 0.5) is 0 Å². The van der Waals surface area contributed by atoms with E-state index in [1.54, 1.807) is 18.2 Å². The largest absolute Gasteiger partial charge is 0.324 e. The van der Waals surface area contributed by atoms with Gasteiger partial charge in [0.1, 0.15) is 0 Å². The van der Waals surface area contributed by atoms with Crippen molar-refractivity contribution in [1.82, 2.24) is 0 Å². The zero-order valence-corrected chi connectivity index (χ0v) is 14.8. The van der Waals surface area contributed by atoms with Gasteiger partial charge in [-0.3, -0.25) is 4.55 Å². The topological polar surface area (TPSA) is 115 Å². The summed E-state index contributed by atoms with van der Waals surface area (Å²) in [5, 5.41) is 1.20. The number of benzene rings is 1. The van der Waals surface area contributed by atoms with Crippen molar-refractivity contribution in [2.75, 3.05) is 6.26 Å². The second kappa shape index (κ2) is 8.05. The van der Waals surface area contributed by atoms with E-state index in [2.05, 4.69) is 0 Å². The van der Waals surface area contributed by atoms with Gasteiger partial charge in [0.15, 0.2) is 9.84 Å². The number of aryl methyl sites for hydroxylation is 1. The summed E-state index contributed by atoms with van der Waals surface area (Å²) in [5.41, 5.74) is 6.69. The summed E-state index contributed by atoms with van der Waals surface area (Å²) < 4.78 is 51.0. The maximum Gasteiger partial charge on any atom is 0.294 e. The molecule has 0 heterocycles. The molecule has 0 saturated heterocycles. The average molecular weight is 361 g/mol. The molecule has 23 heavy (non-hydrogen) atoms. The number of rotatable bonds is 4. The highest BCUT2D eigenvalue weighted by Crippen LogP contribution is 2.29. The minimum Gasteiger partial charge on any atom is -0.324 e. The predicted octanol–water partition coefficient (Wildman–Crippen LogP) is 1.91. The summed E-state index contributed by atoms with van der Waals surface area (Å²) in [6.45, 7) is 1.84. The van der Waals surface area contributed by atoms with E-state index in [4.69, 9.17) is 10.3 Å². The van der Waals surface area contributed by atoms with Crippen LogP contribution in [-0.2, 0) is 20.0 Å².